The zero-order valence-corrected chi connectivity index (χ0v) is 13.8. The van der Waals surface area contributed by atoms with Crippen molar-refractivity contribution in [3.63, 3.8) is 0 Å². The average molecular weight is 330 g/mol. The molecule has 0 aliphatic heterocycles. The summed E-state index contributed by atoms with van der Waals surface area (Å²) in [5.74, 6) is -0.175. The first-order valence-electron chi connectivity index (χ1n) is 7.09. The molecule has 0 aromatic heterocycles. The third-order valence-corrected chi connectivity index (χ3v) is 4.87. The summed E-state index contributed by atoms with van der Waals surface area (Å²) in [5.41, 5.74) is 1.39. The lowest BCUT2D eigenvalue weighted by molar-refractivity contribution is 0.283. The molecule has 0 N–H and O–H groups in total. The van der Waals surface area contributed by atoms with Crippen molar-refractivity contribution in [1.82, 2.24) is 0 Å². The van der Waals surface area contributed by atoms with E-state index in [2.05, 4.69) is 41.7 Å². The third-order valence-electron chi connectivity index (χ3n) is 3.68. The predicted octanol–water partition coefficient (Wildman–Crippen LogP) is 5.24. The zero-order valence-electron chi connectivity index (χ0n) is 12.3. The van der Waals surface area contributed by atoms with Crippen LogP contribution in [0.5, 0.6) is 0 Å². The topological polar surface area (TPSA) is 3.24 Å². The summed E-state index contributed by atoms with van der Waals surface area (Å²) in [6, 6.07) is 6.76. The molecule has 19 heavy (non-hydrogen) atoms. The molecule has 0 aliphatic carbocycles. The lowest BCUT2D eigenvalue weighted by Crippen LogP contribution is -2.37. The number of rotatable bonds is 8. The van der Waals surface area contributed by atoms with Crippen molar-refractivity contribution in [3.8, 4) is 0 Å². The quantitative estimate of drug-likeness (QED) is 0.589. The third kappa shape index (κ3) is 4.79. The van der Waals surface area contributed by atoms with E-state index in [0.717, 1.165) is 17.6 Å². The maximum Gasteiger partial charge on any atom is 0.123 e. The molecular weight excluding hydrogens is 305 g/mol. The van der Waals surface area contributed by atoms with Crippen LogP contribution in [0.25, 0.3) is 0 Å². The van der Waals surface area contributed by atoms with Crippen LogP contribution in [0.15, 0.2) is 24.3 Å². The number of hydrogen-bond donors (Lipinski definition) is 0. The Morgan fingerprint density at radius 2 is 1.63 bits per heavy atom. The maximum atomic E-state index is 13.0. The summed E-state index contributed by atoms with van der Waals surface area (Å²) in [7, 11) is 2.09. The van der Waals surface area contributed by atoms with Crippen LogP contribution < -0.4 is 4.90 Å². The summed E-state index contributed by atoms with van der Waals surface area (Å²) in [6.07, 6.45) is 4.83. The smallest absolute Gasteiger partial charge is 0.123 e. The predicted molar refractivity (Wildman–Crippen MR) is 85.7 cm³/mol. The van der Waals surface area contributed by atoms with Gasteiger partial charge < -0.3 is 4.90 Å². The minimum absolute atomic E-state index is 0.175. The van der Waals surface area contributed by atoms with Crippen molar-refractivity contribution in [2.75, 3.05) is 23.8 Å². The molecule has 0 saturated heterocycles. The van der Waals surface area contributed by atoms with E-state index in [9.17, 15) is 4.39 Å². The molecule has 0 unspecified atom stereocenters. The molecule has 0 amide bonds. The van der Waals surface area contributed by atoms with Crippen molar-refractivity contribution in [2.45, 2.75) is 39.5 Å². The van der Waals surface area contributed by atoms with E-state index >= 15 is 0 Å². The highest BCUT2D eigenvalue weighted by Gasteiger charge is 2.28. The second-order valence-corrected chi connectivity index (χ2v) is 6.03. The number of anilines is 1. The van der Waals surface area contributed by atoms with Gasteiger partial charge in [0.1, 0.15) is 5.82 Å². The monoisotopic (exact) mass is 329 g/mol. The summed E-state index contributed by atoms with van der Waals surface area (Å²) in [4.78, 5) is 2.24. The van der Waals surface area contributed by atoms with E-state index in [1.165, 1.54) is 37.8 Å². The molecule has 3 heteroatoms. The fourth-order valence-electron chi connectivity index (χ4n) is 2.81. The highest BCUT2D eigenvalue weighted by molar-refractivity contribution is 9.09. The van der Waals surface area contributed by atoms with Crippen LogP contribution in [0.4, 0.5) is 10.1 Å². The Labute approximate surface area is 125 Å². The van der Waals surface area contributed by atoms with Gasteiger partial charge in [-0.05, 0) is 42.5 Å². The van der Waals surface area contributed by atoms with E-state index in [1.54, 1.807) is 0 Å². The van der Waals surface area contributed by atoms with Gasteiger partial charge in [0.2, 0.25) is 0 Å². The lowest BCUT2D eigenvalue weighted by atomic mass is 9.80. The average Bonchev–Trinajstić information content (AvgIpc) is 2.40. The van der Waals surface area contributed by atoms with Crippen molar-refractivity contribution in [1.29, 1.82) is 0 Å². The van der Waals surface area contributed by atoms with Gasteiger partial charge in [-0.3, -0.25) is 0 Å². The molecule has 0 atom stereocenters. The van der Waals surface area contributed by atoms with Gasteiger partial charge in [-0.15, -0.1) is 0 Å². The minimum atomic E-state index is -0.175. The first-order chi connectivity index (χ1) is 9.06. The van der Waals surface area contributed by atoms with E-state index in [-0.39, 0.29) is 5.82 Å². The minimum Gasteiger partial charge on any atom is -0.374 e. The van der Waals surface area contributed by atoms with Gasteiger partial charge in [-0.2, -0.15) is 0 Å². The Kier molecular flexibility index (Phi) is 6.84. The molecule has 0 radical (unpaired) electrons. The van der Waals surface area contributed by atoms with Crippen LogP contribution in [-0.2, 0) is 0 Å². The highest BCUT2D eigenvalue weighted by atomic mass is 79.9. The van der Waals surface area contributed by atoms with Crippen LogP contribution in [0.2, 0.25) is 0 Å². The normalized spacial score (nSPS) is 11.6. The number of benzene rings is 1. The van der Waals surface area contributed by atoms with Crippen LogP contribution >= 0.6 is 15.9 Å². The van der Waals surface area contributed by atoms with E-state index < -0.39 is 0 Å². The van der Waals surface area contributed by atoms with Crippen LogP contribution in [0.1, 0.15) is 39.5 Å². The molecule has 1 nitrogen and oxygen atoms in total. The van der Waals surface area contributed by atoms with Gasteiger partial charge in [0, 0.05) is 24.6 Å². The zero-order chi connectivity index (χ0) is 14.3. The Morgan fingerprint density at radius 3 is 2.05 bits per heavy atom. The van der Waals surface area contributed by atoms with Crippen molar-refractivity contribution in [3.05, 3.63) is 30.1 Å². The largest absolute Gasteiger partial charge is 0.374 e. The van der Waals surface area contributed by atoms with E-state index in [1.807, 2.05) is 12.1 Å². The summed E-state index contributed by atoms with van der Waals surface area (Å²) >= 11 is 3.70. The fourth-order valence-corrected chi connectivity index (χ4v) is 3.55. The summed E-state index contributed by atoms with van der Waals surface area (Å²) < 4.78 is 13.0. The van der Waals surface area contributed by atoms with Gasteiger partial charge in [-0.25, -0.2) is 4.39 Å². The van der Waals surface area contributed by atoms with Gasteiger partial charge >= 0.3 is 0 Å². The molecule has 1 rings (SSSR count). The molecule has 0 fully saturated rings. The SMILES string of the molecule is CCCC(CBr)(CCC)CN(C)c1ccc(F)cc1. The highest BCUT2D eigenvalue weighted by Crippen LogP contribution is 2.34. The molecule has 1 aromatic rings. The van der Waals surface area contributed by atoms with Crippen LogP contribution in [0.3, 0.4) is 0 Å². The Bertz CT molecular complexity index is 358. The van der Waals surface area contributed by atoms with Gasteiger partial charge in [0.25, 0.3) is 0 Å². The molecule has 108 valence electrons. The number of nitrogens with zero attached hydrogens (tertiary/aromatic N) is 1. The lowest BCUT2D eigenvalue weighted by Gasteiger charge is -2.36. The number of hydrogen-bond acceptors (Lipinski definition) is 1. The Morgan fingerprint density at radius 1 is 1.11 bits per heavy atom. The molecule has 1 aromatic carbocycles. The van der Waals surface area contributed by atoms with E-state index in [4.69, 9.17) is 0 Å². The van der Waals surface area contributed by atoms with Crippen LogP contribution in [-0.4, -0.2) is 18.9 Å². The van der Waals surface area contributed by atoms with Crippen LogP contribution in [0, 0.1) is 11.2 Å². The maximum absolute atomic E-state index is 13.0. The van der Waals surface area contributed by atoms with Crippen molar-refractivity contribution >= 4 is 21.6 Å². The Hall–Kier alpha value is -0.570. The van der Waals surface area contributed by atoms with Crippen molar-refractivity contribution < 1.29 is 4.39 Å². The molecule has 0 saturated carbocycles. The Balaban J connectivity index is 2.79. The number of alkyl halides is 1. The van der Waals surface area contributed by atoms with E-state index in [0.29, 0.717) is 5.41 Å². The molecular formula is C16H25BrFN. The first-order valence-corrected chi connectivity index (χ1v) is 8.21. The second-order valence-electron chi connectivity index (χ2n) is 5.47. The first kappa shape index (κ1) is 16.5. The van der Waals surface area contributed by atoms with Gasteiger partial charge in [0.15, 0.2) is 0 Å². The number of halogens is 2. The summed E-state index contributed by atoms with van der Waals surface area (Å²) in [6.45, 7) is 5.49. The molecule has 0 heterocycles. The summed E-state index contributed by atoms with van der Waals surface area (Å²) in [5, 5.41) is 1.02. The van der Waals surface area contributed by atoms with Gasteiger partial charge in [0.05, 0.1) is 0 Å². The fraction of sp³-hybridized carbons (Fsp3) is 0.625. The van der Waals surface area contributed by atoms with Gasteiger partial charge in [-0.1, -0.05) is 42.6 Å². The molecule has 0 bridgehead atoms. The second kappa shape index (κ2) is 7.88. The van der Waals surface area contributed by atoms with Crippen molar-refractivity contribution in [2.24, 2.45) is 5.41 Å². The standard InChI is InChI=1S/C16H25BrFN/c1-4-10-16(12-17,11-5-2)13-19(3)15-8-6-14(18)7-9-15/h6-9H,4-5,10-13H2,1-3H3. The molecule has 0 spiro atoms. The molecule has 0 aliphatic rings.